The highest BCUT2D eigenvalue weighted by Crippen LogP contribution is 2.50. The molecule has 0 bridgehead atoms. The van der Waals surface area contributed by atoms with E-state index in [1.807, 2.05) is 0 Å². The van der Waals surface area contributed by atoms with E-state index in [9.17, 15) is 13.2 Å². The Labute approximate surface area is 154 Å². The van der Waals surface area contributed by atoms with E-state index in [4.69, 9.17) is 23.8 Å². The van der Waals surface area contributed by atoms with Gasteiger partial charge in [0.1, 0.15) is 0 Å². The van der Waals surface area contributed by atoms with Gasteiger partial charge in [0, 0.05) is 11.1 Å². The Morgan fingerprint density at radius 1 is 1.32 bits per heavy atom. The second-order valence-corrected chi connectivity index (χ2v) is 8.31. The number of nitrogens with one attached hydrogen (secondary N) is 1. The predicted molar refractivity (Wildman–Crippen MR) is 98.1 cm³/mol. The first-order chi connectivity index (χ1) is 11.4. The van der Waals surface area contributed by atoms with E-state index in [1.165, 1.54) is 0 Å². The van der Waals surface area contributed by atoms with Crippen LogP contribution in [0.15, 0.2) is 18.2 Å². The van der Waals surface area contributed by atoms with Gasteiger partial charge in [-0.1, -0.05) is 45.4 Å². The van der Waals surface area contributed by atoms with Crippen LogP contribution in [0.5, 0.6) is 0 Å². The average molecular weight is 389 g/mol. The number of rotatable bonds is 2. The van der Waals surface area contributed by atoms with Gasteiger partial charge >= 0.3 is 6.18 Å². The number of imidazole rings is 1. The minimum atomic E-state index is -4.46. The van der Waals surface area contributed by atoms with E-state index in [-0.39, 0.29) is 10.4 Å². The summed E-state index contributed by atoms with van der Waals surface area (Å²) in [4.78, 5) is 2.97. The van der Waals surface area contributed by atoms with Gasteiger partial charge in [0.15, 0.2) is 4.77 Å². The van der Waals surface area contributed by atoms with Crippen molar-refractivity contribution in [2.45, 2.75) is 40.3 Å². The molecule has 0 amide bonds. The fourth-order valence-corrected chi connectivity index (χ4v) is 4.60. The lowest BCUT2D eigenvalue weighted by Crippen LogP contribution is -2.27. The molecule has 1 aliphatic carbocycles. The standard InChI is InChI=1S/C18H20ClF3N2S/c1-9(2)11-5-6-14(17(11,3)4)24-13-8-10(18(20,21)22)7-12(19)15(13)23-16(24)25/h6-9,11H,5H2,1-4H3,(H,23,25). The summed E-state index contributed by atoms with van der Waals surface area (Å²) < 4.78 is 41.7. The van der Waals surface area contributed by atoms with Crippen LogP contribution in [0.3, 0.4) is 0 Å². The van der Waals surface area contributed by atoms with Crippen molar-refractivity contribution in [3.8, 4) is 0 Å². The SMILES string of the molecule is CC(C)C1CC=C(n2c(=S)[nH]c3c(Cl)cc(C(F)(F)F)cc32)C1(C)C. The molecule has 1 aliphatic rings. The summed E-state index contributed by atoms with van der Waals surface area (Å²) in [5, 5.41) is 0.0199. The van der Waals surface area contributed by atoms with Gasteiger partial charge in [0.2, 0.25) is 0 Å². The van der Waals surface area contributed by atoms with Gasteiger partial charge in [0.25, 0.3) is 0 Å². The summed E-state index contributed by atoms with van der Waals surface area (Å²) in [6.45, 7) is 8.56. The molecule has 0 saturated heterocycles. The number of aromatic nitrogens is 2. The number of H-pyrrole nitrogens is 1. The van der Waals surface area contributed by atoms with Gasteiger partial charge in [-0.05, 0) is 42.6 Å². The number of benzene rings is 1. The summed E-state index contributed by atoms with van der Waals surface area (Å²) in [6, 6.07) is 2.05. The highest BCUT2D eigenvalue weighted by atomic mass is 35.5. The van der Waals surface area contributed by atoms with Gasteiger partial charge in [-0.2, -0.15) is 13.2 Å². The van der Waals surface area contributed by atoms with Crippen molar-refractivity contribution < 1.29 is 13.2 Å². The normalized spacial score (nSPS) is 20.5. The number of nitrogens with zero attached hydrogens (tertiary/aromatic N) is 1. The van der Waals surface area contributed by atoms with Gasteiger partial charge in [-0.3, -0.25) is 4.57 Å². The summed E-state index contributed by atoms with van der Waals surface area (Å²) in [6.07, 6.45) is -1.50. The molecule has 1 heterocycles. The largest absolute Gasteiger partial charge is 0.416 e. The summed E-state index contributed by atoms with van der Waals surface area (Å²) >= 11 is 11.5. The van der Waals surface area contributed by atoms with Gasteiger partial charge in [-0.15, -0.1) is 0 Å². The van der Waals surface area contributed by atoms with Crippen molar-refractivity contribution >= 4 is 40.5 Å². The number of hydrogen-bond donors (Lipinski definition) is 1. The third kappa shape index (κ3) is 2.93. The number of alkyl halides is 3. The van der Waals surface area contributed by atoms with E-state index in [2.05, 4.69) is 38.8 Å². The topological polar surface area (TPSA) is 20.7 Å². The lowest BCUT2D eigenvalue weighted by Gasteiger charge is -2.34. The monoisotopic (exact) mass is 388 g/mol. The van der Waals surface area contributed by atoms with E-state index in [0.29, 0.717) is 27.6 Å². The molecule has 7 heteroatoms. The van der Waals surface area contributed by atoms with Crippen LogP contribution in [0.2, 0.25) is 5.02 Å². The molecule has 1 aromatic carbocycles. The molecule has 0 aliphatic heterocycles. The minimum Gasteiger partial charge on any atom is -0.329 e. The van der Waals surface area contributed by atoms with E-state index >= 15 is 0 Å². The maximum absolute atomic E-state index is 13.2. The highest BCUT2D eigenvalue weighted by Gasteiger charge is 2.41. The molecule has 25 heavy (non-hydrogen) atoms. The Kier molecular flexibility index (Phi) is 4.35. The second kappa shape index (κ2) is 5.88. The Bertz CT molecular complexity index is 919. The number of halogens is 4. The third-order valence-corrected chi connectivity index (χ3v) is 5.85. The van der Waals surface area contributed by atoms with Crippen molar-refractivity contribution in [1.82, 2.24) is 9.55 Å². The molecule has 2 nitrogen and oxygen atoms in total. The predicted octanol–water partition coefficient (Wildman–Crippen LogP) is 6.91. The van der Waals surface area contributed by atoms with Crippen LogP contribution in [0.4, 0.5) is 13.2 Å². The van der Waals surface area contributed by atoms with E-state index in [1.54, 1.807) is 4.57 Å². The summed E-state index contributed by atoms with van der Waals surface area (Å²) in [5.74, 6) is 0.855. The van der Waals surface area contributed by atoms with E-state index in [0.717, 1.165) is 24.3 Å². The molecular formula is C18H20ClF3N2S. The lowest BCUT2D eigenvalue weighted by atomic mass is 9.74. The first-order valence-corrected chi connectivity index (χ1v) is 8.95. The first kappa shape index (κ1) is 18.5. The van der Waals surface area contributed by atoms with Crippen molar-refractivity contribution in [1.29, 1.82) is 0 Å². The molecule has 1 aromatic heterocycles. The Morgan fingerprint density at radius 3 is 2.48 bits per heavy atom. The van der Waals surface area contributed by atoms with Gasteiger partial charge < -0.3 is 4.98 Å². The summed E-state index contributed by atoms with van der Waals surface area (Å²) in [5.41, 5.74) is 0.753. The quantitative estimate of drug-likeness (QED) is 0.554. The number of allylic oxidation sites excluding steroid dienone is 2. The average Bonchev–Trinajstić information content (AvgIpc) is 2.94. The van der Waals surface area contributed by atoms with Crippen molar-refractivity contribution in [3.05, 3.63) is 33.6 Å². The number of hydrogen-bond acceptors (Lipinski definition) is 1. The fraction of sp³-hybridized carbons (Fsp3) is 0.500. The van der Waals surface area contributed by atoms with Crippen LogP contribution in [0, 0.1) is 22.0 Å². The van der Waals surface area contributed by atoms with Crippen LogP contribution < -0.4 is 0 Å². The molecular weight excluding hydrogens is 369 g/mol. The van der Waals surface area contributed by atoms with Crippen LogP contribution in [-0.2, 0) is 6.18 Å². The first-order valence-electron chi connectivity index (χ1n) is 8.17. The summed E-state index contributed by atoms with van der Waals surface area (Å²) in [7, 11) is 0. The van der Waals surface area contributed by atoms with Gasteiger partial charge in [-0.25, -0.2) is 0 Å². The molecule has 0 radical (unpaired) electrons. The van der Waals surface area contributed by atoms with Crippen LogP contribution in [0.25, 0.3) is 16.7 Å². The molecule has 136 valence electrons. The second-order valence-electron chi connectivity index (χ2n) is 7.51. The smallest absolute Gasteiger partial charge is 0.329 e. The zero-order valence-corrected chi connectivity index (χ0v) is 16.0. The maximum Gasteiger partial charge on any atom is 0.416 e. The van der Waals surface area contributed by atoms with Gasteiger partial charge in [0.05, 0.1) is 21.6 Å². The number of fused-ring (bicyclic) bond motifs is 1. The van der Waals surface area contributed by atoms with Crippen molar-refractivity contribution in [3.63, 3.8) is 0 Å². The van der Waals surface area contributed by atoms with Crippen molar-refractivity contribution in [2.24, 2.45) is 17.3 Å². The third-order valence-electron chi connectivity index (χ3n) is 5.27. The molecule has 2 aromatic rings. The van der Waals surface area contributed by atoms with Crippen LogP contribution in [-0.4, -0.2) is 9.55 Å². The molecule has 3 rings (SSSR count). The highest BCUT2D eigenvalue weighted by molar-refractivity contribution is 7.71. The Balaban J connectivity index is 2.26. The lowest BCUT2D eigenvalue weighted by molar-refractivity contribution is -0.137. The maximum atomic E-state index is 13.2. The van der Waals surface area contributed by atoms with Crippen LogP contribution >= 0.6 is 23.8 Å². The molecule has 1 atom stereocenters. The molecule has 0 spiro atoms. The zero-order chi connectivity index (χ0) is 18.7. The molecule has 1 N–H and O–H groups in total. The molecule has 0 fully saturated rings. The minimum absolute atomic E-state index is 0.0199. The Hall–Kier alpha value is -1.27. The zero-order valence-electron chi connectivity index (χ0n) is 14.5. The van der Waals surface area contributed by atoms with Crippen molar-refractivity contribution in [2.75, 3.05) is 0 Å². The van der Waals surface area contributed by atoms with E-state index < -0.39 is 11.7 Å². The Morgan fingerprint density at radius 2 is 1.96 bits per heavy atom. The molecule has 1 unspecified atom stereocenters. The number of aromatic amines is 1. The van der Waals surface area contributed by atoms with Crippen LogP contribution in [0.1, 0.15) is 39.7 Å². The molecule has 0 saturated carbocycles. The fourth-order valence-electron chi connectivity index (χ4n) is 4.04.